The van der Waals surface area contributed by atoms with Gasteiger partial charge in [-0.1, -0.05) is 6.42 Å². The van der Waals surface area contributed by atoms with Crippen molar-refractivity contribution in [3.63, 3.8) is 0 Å². The number of aromatic amines is 1. The zero-order valence-corrected chi connectivity index (χ0v) is 18.1. The third-order valence-electron chi connectivity index (χ3n) is 6.87. The van der Waals surface area contributed by atoms with Crippen molar-refractivity contribution in [1.82, 2.24) is 24.9 Å². The number of hydrogen-bond acceptors (Lipinski definition) is 7. The van der Waals surface area contributed by atoms with E-state index in [-0.39, 0.29) is 11.8 Å². The van der Waals surface area contributed by atoms with E-state index >= 15 is 0 Å². The summed E-state index contributed by atoms with van der Waals surface area (Å²) >= 11 is 0. The predicted molar refractivity (Wildman–Crippen MR) is 121 cm³/mol. The van der Waals surface area contributed by atoms with Gasteiger partial charge in [0.25, 0.3) is 0 Å². The first-order valence-corrected chi connectivity index (χ1v) is 11.0. The maximum atomic E-state index is 14.4. The fourth-order valence-corrected chi connectivity index (χ4v) is 5.04. The Bertz CT molecular complexity index is 1330. The van der Waals surface area contributed by atoms with Crippen molar-refractivity contribution < 1.29 is 9.13 Å². The van der Waals surface area contributed by atoms with Crippen LogP contribution in [-0.4, -0.2) is 45.1 Å². The van der Waals surface area contributed by atoms with E-state index in [0.717, 1.165) is 41.6 Å². The van der Waals surface area contributed by atoms with Crippen molar-refractivity contribution in [3.8, 4) is 11.8 Å². The molecule has 9 heteroatoms. The van der Waals surface area contributed by atoms with Crippen LogP contribution >= 0.6 is 0 Å². The minimum atomic E-state index is -0.303. The first-order valence-electron chi connectivity index (χ1n) is 11.0. The lowest BCUT2D eigenvalue weighted by molar-refractivity contribution is 0.165. The highest BCUT2D eigenvalue weighted by molar-refractivity contribution is 6.14. The minimum Gasteiger partial charge on any atom is -0.421 e. The molecule has 2 N–H and O–H groups in total. The van der Waals surface area contributed by atoms with E-state index in [9.17, 15) is 4.39 Å². The van der Waals surface area contributed by atoms with Crippen LogP contribution in [-0.2, 0) is 0 Å². The van der Waals surface area contributed by atoms with Crippen molar-refractivity contribution >= 4 is 33.4 Å². The van der Waals surface area contributed by atoms with E-state index in [1.54, 1.807) is 25.5 Å². The summed E-state index contributed by atoms with van der Waals surface area (Å²) in [6.45, 7) is 3.68. The van der Waals surface area contributed by atoms with Gasteiger partial charge in [-0.2, -0.15) is 9.97 Å². The van der Waals surface area contributed by atoms with Crippen LogP contribution in [0.5, 0.6) is 11.8 Å². The quantitative estimate of drug-likeness (QED) is 0.487. The lowest BCUT2D eigenvalue weighted by atomic mass is 9.68. The summed E-state index contributed by atoms with van der Waals surface area (Å²) in [6.07, 6.45) is 8.17. The Labute approximate surface area is 184 Å². The Morgan fingerprint density at radius 2 is 1.97 bits per heavy atom. The molecule has 32 heavy (non-hydrogen) atoms. The van der Waals surface area contributed by atoms with E-state index in [4.69, 9.17) is 9.72 Å². The van der Waals surface area contributed by atoms with E-state index in [2.05, 4.69) is 30.2 Å². The first-order chi connectivity index (χ1) is 15.5. The van der Waals surface area contributed by atoms with Crippen LogP contribution in [0.15, 0.2) is 24.5 Å². The molecular weight excluding hydrogens is 409 g/mol. The molecule has 164 valence electrons. The highest BCUT2D eigenvalue weighted by atomic mass is 19.1. The lowest BCUT2D eigenvalue weighted by Gasteiger charge is -2.38. The van der Waals surface area contributed by atoms with Crippen LogP contribution in [0.1, 0.15) is 31.5 Å². The number of anilines is 2. The highest BCUT2D eigenvalue weighted by Crippen LogP contribution is 2.50. The van der Waals surface area contributed by atoms with Crippen LogP contribution in [0.2, 0.25) is 0 Å². The second-order valence-corrected chi connectivity index (χ2v) is 8.90. The van der Waals surface area contributed by atoms with Gasteiger partial charge in [0.1, 0.15) is 23.1 Å². The van der Waals surface area contributed by atoms with Crippen molar-refractivity contribution in [3.05, 3.63) is 36.2 Å². The lowest BCUT2D eigenvalue weighted by Crippen LogP contribution is -2.33. The van der Waals surface area contributed by atoms with Crippen molar-refractivity contribution in [1.29, 1.82) is 0 Å². The summed E-state index contributed by atoms with van der Waals surface area (Å²) < 4.78 is 20.4. The number of ether oxygens (including phenoxy) is 1. The summed E-state index contributed by atoms with van der Waals surface area (Å²) in [4.78, 5) is 23.4. The van der Waals surface area contributed by atoms with Gasteiger partial charge in [-0.3, -0.25) is 0 Å². The number of aryl methyl sites for hydroxylation is 1. The average molecular weight is 433 g/mol. The molecule has 1 saturated carbocycles. The zero-order valence-electron chi connectivity index (χ0n) is 18.1. The van der Waals surface area contributed by atoms with E-state index in [0.29, 0.717) is 28.3 Å². The molecule has 0 atom stereocenters. The van der Waals surface area contributed by atoms with Crippen LogP contribution < -0.4 is 15.0 Å². The smallest absolute Gasteiger partial charge is 0.326 e. The highest BCUT2D eigenvalue weighted by Gasteiger charge is 2.43. The normalized spacial score (nSPS) is 17.3. The fraction of sp³-hybridized carbons (Fsp3) is 0.391. The van der Waals surface area contributed by atoms with Gasteiger partial charge in [-0.15, -0.1) is 0 Å². The van der Waals surface area contributed by atoms with Gasteiger partial charge in [0.15, 0.2) is 5.75 Å². The molecule has 0 unspecified atom stereocenters. The largest absolute Gasteiger partial charge is 0.421 e. The molecular formula is C23H24FN7O. The van der Waals surface area contributed by atoms with E-state index in [1.165, 1.54) is 25.3 Å². The van der Waals surface area contributed by atoms with Crippen LogP contribution in [0.4, 0.5) is 15.9 Å². The van der Waals surface area contributed by atoms with Crippen LogP contribution in [0, 0.1) is 18.2 Å². The monoisotopic (exact) mass is 433 g/mol. The number of fused-ring (bicyclic) bond motifs is 3. The predicted octanol–water partition coefficient (Wildman–Crippen LogP) is 4.56. The second kappa shape index (κ2) is 7.01. The number of hydrogen-bond donors (Lipinski definition) is 2. The van der Waals surface area contributed by atoms with Crippen molar-refractivity contribution in [2.75, 3.05) is 30.4 Å². The number of benzene rings is 1. The maximum absolute atomic E-state index is 14.4. The summed E-state index contributed by atoms with van der Waals surface area (Å²) in [5.41, 5.74) is 2.48. The van der Waals surface area contributed by atoms with E-state index in [1.807, 2.05) is 6.92 Å². The summed E-state index contributed by atoms with van der Waals surface area (Å²) in [5, 5.41) is 4.65. The molecule has 2 aliphatic rings. The number of aromatic nitrogens is 5. The molecule has 1 aliphatic carbocycles. The molecule has 1 spiro atoms. The molecule has 2 fully saturated rings. The van der Waals surface area contributed by atoms with Crippen LogP contribution in [0.3, 0.4) is 0 Å². The second-order valence-electron chi connectivity index (χ2n) is 8.90. The first kappa shape index (κ1) is 19.2. The third kappa shape index (κ3) is 3.03. The Balaban J connectivity index is 1.53. The standard InChI is InChI=1S/C23H24FN7O/c1-13-26-10-15(11-27-13)32-22-29-20-18(16-8-14(24)9-17(25-2)19(16)28-20)21(30-22)31-7-6-23(12-31)4-3-5-23/h8-11,25H,3-7,12H2,1-2H3,(H,28,29,30). The van der Waals surface area contributed by atoms with Crippen molar-refractivity contribution in [2.45, 2.75) is 32.6 Å². The zero-order chi connectivity index (χ0) is 21.9. The Morgan fingerprint density at radius 3 is 2.66 bits per heavy atom. The minimum absolute atomic E-state index is 0.215. The maximum Gasteiger partial charge on any atom is 0.326 e. The number of halogens is 1. The summed E-state index contributed by atoms with van der Waals surface area (Å²) in [6, 6.07) is 3.24. The molecule has 8 nitrogen and oxygen atoms in total. The van der Waals surface area contributed by atoms with E-state index < -0.39 is 0 Å². The van der Waals surface area contributed by atoms with Crippen LogP contribution in [0.25, 0.3) is 21.9 Å². The summed E-state index contributed by atoms with van der Waals surface area (Å²) in [5.74, 6) is 1.61. The molecule has 1 aliphatic heterocycles. The average Bonchev–Trinajstić information content (AvgIpc) is 3.37. The Hall–Kier alpha value is -3.49. The number of rotatable bonds is 4. The molecule has 6 rings (SSSR count). The summed E-state index contributed by atoms with van der Waals surface area (Å²) in [7, 11) is 1.78. The number of H-pyrrole nitrogens is 1. The van der Waals surface area contributed by atoms with Gasteiger partial charge in [0.2, 0.25) is 0 Å². The molecule has 0 amide bonds. The molecule has 1 saturated heterocycles. The Morgan fingerprint density at radius 1 is 1.16 bits per heavy atom. The van der Waals surface area contributed by atoms with Gasteiger partial charge >= 0.3 is 6.01 Å². The molecule has 0 radical (unpaired) electrons. The fourth-order valence-electron chi connectivity index (χ4n) is 5.04. The number of nitrogens with zero attached hydrogens (tertiary/aromatic N) is 5. The molecule has 4 aromatic rings. The topological polar surface area (TPSA) is 91.8 Å². The van der Waals surface area contributed by atoms with Gasteiger partial charge < -0.3 is 19.9 Å². The molecule has 1 aromatic carbocycles. The molecule has 4 heterocycles. The van der Waals surface area contributed by atoms with Gasteiger partial charge in [0, 0.05) is 25.5 Å². The van der Waals surface area contributed by atoms with Gasteiger partial charge in [-0.25, -0.2) is 14.4 Å². The molecule has 0 bridgehead atoms. The SMILES string of the molecule is CNc1cc(F)cc2c1[nH]c1nc(Oc3cnc(C)nc3)nc(N3CCC4(CCC4)C3)c12. The van der Waals surface area contributed by atoms with Gasteiger partial charge in [-0.05, 0) is 43.7 Å². The molecule has 3 aromatic heterocycles. The third-order valence-corrected chi connectivity index (χ3v) is 6.87. The number of nitrogens with one attached hydrogen (secondary N) is 2. The van der Waals surface area contributed by atoms with Gasteiger partial charge in [0.05, 0.1) is 29.0 Å². The Kier molecular flexibility index (Phi) is 4.21. The van der Waals surface area contributed by atoms with Crippen molar-refractivity contribution in [2.24, 2.45) is 5.41 Å².